The summed E-state index contributed by atoms with van der Waals surface area (Å²) in [6.07, 6.45) is 1.55. The van der Waals surface area contributed by atoms with E-state index in [4.69, 9.17) is 10.2 Å². The van der Waals surface area contributed by atoms with E-state index in [1.165, 1.54) is 18.2 Å². The molecule has 1 aromatic heterocycles. The maximum absolute atomic E-state index is 13.2. The fourth-order valence-electron chi connectivity index (χ4n) is 2.78. The lowest BCUT2D eigenvalue weighted by Gasteiger charge is -2.24. The van der Waals surface area contributed by atoms with Crippen molar-refractivity contribution in [2.24, 2.45) is 10.7 Å². The van der Waals surface area contributed by atoms with Gasteiger partial charge < -0.3 is 25.7 Å². The van der Waals surface area contributed by atoms with Gasteiger partial charge in [0.05, 0.1) is 11.5 Å². The second-order valence-corrected chi connectivity index (χ2v) is 5.89. The minimum absolute atomic E-state index is 0.346. The van der Waals surface area contributed by atoms with E-state index in [9.17, 15) is 9.18 Å². The fraction of sp³-hybridized carbons (Fsp3) is 0.0526. The molecule has 1 aliphatic heterocycles. The first-order chi connectivity index (χ1) is 13.1. The normalized spacial score (nSPS) is 12.9. The van der Waals surface area contributed by atoms with Crippen molar-refractivity contribution in [2.75, 3.05) is 22.2 Å². The molecule has 0 spiro atoms. The van der Waals surface area contributed by atoms with Crippen LogP contribution in [-0.2, 0) is 0 Å². The minimum atomic E-state index is -0.463. The number of nitrogens with one attached hydrogen (secondary N) is 2. The third-order valence-corrected chi connectivity index (χ3v) is 4.09. The van der Waals surface area contributed by atoms with E-state index < -0.39 is 11.8 Å². The first-order valence-corrected chi connectivity index (χ1v) is 8.19. The molecule has 3 aromatic rings. The second kappa shape index (κ2) is 6.83. The van der Waals surface area contributed by atoms with Gasteiger partial charge in [-0.1, -0.05) is 6.07 Å². The Morgan fingerprint density at radius 3 is 2.67 bits per heavy atom. The smallest absolute Gasteiger partial charge is 0.323 e. The monoisotopic (exact) mass is 365 g/mol. The van der Waals surface area contributed by atoms with Gasteiger partial charge in [-0.2, -0.15) is 0 Å². The molecule has 136 valence electrons. The number of carbonyl (C=O) groups excluding carboxylic acids is 1. The number of urea groups is 1. The Morgan fingerprint density at radius 2 is 1.89 bits per heavy atom. The van der Waals surface area contributed by atoms with Crippen LogP contribution in [0.2, 0.25) is 0 Å². The summed E-state index contributed by atoms with van der Waals surface area (Å²) < 4.78 is 18.4. The van der Waals surface area contributed by atoms with Gasteiger partial charge in [-0.25, -0.2) is 14.2 Å². The molecule has 0 saturated carbocycles. The minimum Gasteiger partial charge on any atom is -0.446 e. The van der Waals surface area contributed by atoms with Crippen LogP contribution in [0.25, 0.3) is 5.82 Å². The summed E-state index contributed by atoms with van der Waals surface area (Å²) in [6.45, 7) is 0.346. The van der Waals surface area contributed by atoms with Crippen LogP contribution in [0.15, 0.2) is 70.3 Å². The highest BCUT2D eigenvalue weighted by Gasteiger charge is 2.15. The summed E-state index contributed by atoms with van der Waals surface area (Å²) in [7, 11) is 0. The van der Waals surface area contributed by atoms with E-state index >= 15 is 0 Å². The van der Waals surface area contributed by atoms with Gasteiger partial charge in [-0.05, 0) is 48.5 Å². The van der Waals surface area contributed by atoms with Crippen molar-refractivity contribution in [2.45, 2.75) is 0 Å². The van der Waals surface area contributed by atoms with Crippen LogP contribution in [-0.4, -0.2) is 12.7 Å². The number of nitrogens with two attached hydrogens (primary N) is 1. The van der Waals surface area contributed by atoms with Crippen LogP contribution in [0.5, 0.6) is 0 Å². The third-order valence-electron chi connectivity index (χ3n) is 4.09. The maximum atomic E-state index is 13.2. The first-order valence-electron chi connectivity index (χ1n) is 8.19. The topological polar surface area (TPSA) is 95.9 Å². The lowest BCUT2D eigenvalue weighted by molar-refractivity contribution is 0.262. The molecular weight excluding hydrogens is 349 g/mol. The standard InChI is InChI=1S/C19H16FN5O2/c20-12-2-1-3-14(10-12)24-19(26)23-13-4-6-15(7-5-13)25-11-22-18-16(17(25)21)8-9-27-18/h1-10H,11,21H2,(H2,23,24,26). The van der Waals surface area contributed by atoms with Crippen LogP contribution >= 0.6 is 0 Å². The van der Waals surface area contributed by atoms with Crippen molar-refractivity contribution >= 4 is 28.9 Å². The number of hydrogen-bond donors (Lipinski definition) is 3. The quantitative estimate of drug-likeness (QED) is 0.663. The second-order valence-electron chi connectivity index (χ2n) is 5.89. The molecule has 8 heteroatoms. The average molecular weight is 365 g/mol. The Hall–Kier alpha value is -3.81. The Kier molecular flexibility index (Phi) is 4.21. The highest BCUT2D eigenvalue weighted by Crippen LogP contribution is 2.21. The van der Waals surface area contributed by atoms with Crippen molar-refractivity contribution in [3.8, 4) is 0 Å². The number of hydrogen-bond acceptors (Lipinski definition) is 5. The third kappa shape index (κ3) is 3.45. The Labute approximate surface area is 153 Å². The molecule has 7 nitrogen and oxygen atoms in total. The average Bonchev–Trinajstić information content (AvgIpc) is 3.13. The number of benzene rings is 2. The van der Waals surface area contributed by atoms with Gasteiger partial charge in [0.2, 0.25) is 5.55 Å². The van der Waals surface area contributed by atoms with E-state index in [1.807, 2.05) is 17.0 Å². The summed E-state index contributed by atoms with van der Waals surface area (Å²) >= 11 is 0. The summed E-state index contributed by atoms with van der Waals surface area (Å²) in [5, 5.41) is 6.02. The number of nitrogens with zero attached hydrogens (tertiary/aromatic N) is 2. The summed E-state index contributed by atoms with van der Waals surface area (Å²) in [6, 6.07) is 14.1. The molecule has 0 unspecified atom stereocenters. The number of amides is 2. The fourth-order valence-corrected chi connectivity index (χ4v) is 2.78. The van der Waals surface area contributed by atoms with Crippen molar-refractivity contribution in [1.82, 2.24) is 0 Å². The zero-order chi connectivity index (χ0) is 18.8. The van der Waals surface area contributed by atoms with E-state index in [-0.39, 0.29) is 0 Å². The largest absolute Gasteiger partial charge is 0.446 e. The van der Waals surface area contributed by atoms with Gasteiger partial charge in [0.15, 0.2) is 0 Å². The zero-order valence-corrected chi connectivity index (χ0v) is 14.1. The van der Waals surface area contributed by atoms with E-state index in [2.05, 4.69) is 15.6 Å². The predicted molar refractivity (Wildman–Crippen MR) is 99.9 cm³/mol. The molecule has 4 rings (SSSR count). The molecule has 0 saturated heterocycles. The van der Waals surface area contributed by atoms with Crippen molar-refractivity contribution in [3.05, 3.63) is 77.5 Å². The highest BCUT2D eigenvalue weighted by molar-refractivity contribution is 5.99. The van der Waals surface area contributed by atoms with Gasteiger partial charge in [0, 0.05) is 17.1 Å². The van der Waals surface area contributed by atoms with Crippen molar-refractivity contribution < 1.29 is 13.6 Å². The number of fused-ring (bicyclic) bond motifs is 1. The zero-order valence-electron chi connectivity index (χ0n) is 14.1. The first kappa shape index (κ1) is 16.6. The molecular formula is C19H16FN5O2. The van der Waals surface area contributed by atoms with E-state index in [0.29, 0.717) is 29.4 Å². The summed E-state index contributed by atoms with van der Waals surface area (Å²) in [5.74, 6) is 0.136. The van der Waals surface area contributed by atoms with Gasteiger partial charge in [-0.3, -0.25) is 0 Å². The Morgan fingerprint density at radius 1 is 1.11 bits per heavy atom. The molecule has 27 heavy (non-hydrogen) atoms. The molecule has 2 amide bonds. The molecule has 2 aromatic carbocycles. The lowest BCUT2D eigenvalue weighted by Crippen LogP contribution is -2.42. The predicted octanol–water partition coefficient (Wildman–Crippen LogP) is 2.18. The molecule has 0 aliphatic carbocycles. The molecule has 0 bridgehead atoms. The van der Waals surface area contributed by atoms with Gasteiger partial charge >= 0.3 is 6.03 Å². The number of furan rings is 1. The van der Waals surface area contributed by atoms with Gasteiger partial charge in [0.25, 0.3) is 0 Å². The van der Waals surface area contributed by atoms with Crippen LogP contribution in [0.3, 0.4) is 0 Å². The van der Waals surface area contributed by atoms with E-state index in [1.54, 1.807) is 30.5 Å². The van der Waals surface area contributed by atoms with Crippen LogP contribution < -0.4 is 32.0 Å². The molecule has 1 aliphatic rings. The Bertz CT molecular complexity index is 1110. The van der Waals surface area contributed by atoms with Crippen LogP contribution in [0.4, 0.5) is 26.2 Å². The molecule has 2 heterocycles. The number of carbonyl (C=O) groups is 1. The van der Waals surface area contributed by atoms with Crippen molar-refractivity contribution in [3.63, 3.8) is 0 Å². The number of anilines is 3. The number of rotatable bonds is 3. The number of halogens is 1. The SMILES string of the molecule is NC1=c2ccoc2=NCN1c1ccc(NC(=O)Nc2cccc(F)c2)cc1. The lowest BCUT2D eigenvalue weighted by atomic mass is 10.2. The molecule has 0 atom stereocenters. The van der Waals surface area contributed by atoms with E-state index in [0.717, 1.165) is 10.9 Å². The summed E-state index contributed by atoms with van der Waals surface area (Å²) in [5.41, 5.74) is 8.51. The molecule has 0 radical (unpaired) electrons. The maximum Gasteiger partial charge on any atom is 0.323 e. The Balaban J connectivity index is 1.46. The molecule has 4 N–H and O–H groups in total. The van der Waals surface area contributed by atoms with Crippen LogP contribution in [0, 0.1) is 5.82 Å². The summed E-state index contributed by atoms with van der Waals surface area (Å²) in [4.78, 5) is 18.2. The highest BCUT2D eigenvalue weighted by atomic mass is 19.1. The van der Waals surface area contributed by atoms with Gasteiger partial charge in [-0.15, -0.1) is 0 Å². The van der Waals surface area contributed by atoms with Gasteiger partial charge in [0.1, 0.15) is 18.3 Å². The van der Waals surface area contributed by atoms with Crippen LogP contribution in [0.1, 0.15) is 0 Å². The van der Waals surface area contributed by atoms with Crippen molar-refractivity contribution in [1.29, 1.82) is 0 Å². The molecule has 0 fully saturated rings.